The van der Waals surface area contributed by atoms with Crippen molar-refractivity contribution in [3.8, 4) is 5.75 Å². The predicted molar refractivity (Wildman–Crippen MR) is 80.9 cm³/mol. The summed E-state index contributed by atoms with van der Waals surface area (Å²) in [6, 6.07) is 13.9. The van der Waals surface area contributed by atoms with Crippen molar-refractivity contribution in [3.63, 3.8) is 0 Å². The van der Waals surface area contributed by atoms with E-state index in [0.29, 0.717) is 0 Å². The van der Waals surface area contributed by atoms with Crippen LogP contribution in [0.4, 0.5) is 5.69 Å². The molecule has 0 bridgehead atoms. The van der Waals surface area contributed by atoms with Gasteiger partial charge in [0.25, 0.3) is 0 Å². The molecular weight excluding hydrogens is 250 g/mol. The summed E-state index contributed by atoms with van der Waals surface area (Å²) in [7, 11) is 3.70. The lowest BCUT2D eigenvalue weighted by atomic mass is 10.1. The molecule has 4 heteroatoms. The van der Waals surface area contributed by atoms with Gasteiger partial charge in [0.15, 0.2) is 0 Å². The molecule has 0 atom stereocenters. The van der Waals surface area contributed by atoms with Crippen LogP contribution in [0.5, 0.6) is 5.75 Å². The molecule has 0 aliphatic heterocycles. The van der Waals surface area contributed by atoms with Gasteiger partial charge in [-0.05, 0) is 29.8 Å². The molecule has 0 aliphatic rings. The van der Waals surface area contributed by atoms with Crippen LogP contribution in [0, 0.1) is 0 Å². The van der Waals surface area contributed by atoms with E-state index >= 15 is 0 Å². The first kappa shape index (κ1) is 12.5. The Labute approximate surface area is 117 Å². The normalized spacial score (nSPS) is 10.9. The van der Waals surface area contributed by atoms with Crippen molar-refractivity contribution in [1.29, 1.82) is 0 Å². The summed E-state index contributed by atoms with van der Waals surface area (Å²) in [5, 5.41) is 0. The van der Waals surface area contributed by atoms with Gasteiger partial charge in [-0.15, -0.1) is 0 Å². The van der Waals surface area contributed by atoms with Crippen LogP contribution < -0.4 is 10.5 Å². The van der Waals surface area contributed by atoms with E-state index in [4.69, 9.17) is 15.5 Å². The Morgan fingerprint density at radius 3 is 2.60 bits per heavy atom. The summed E-state index contributed by atoms with van der Waals surface area (Å²) in [5.41, 5.74) is 9.75. The third-order valence-corrected chi connectivity index (χ3v) is 3.52. The number of ether oxygens (including phenoxy) is 1. The number of hydrogen-bond acceptors (Lipinski definition) is 3. The van der Waals surface area contributed by atoms with E-state index in [9.17, 15) is 0 Å². The largest absolute Gasteiger partial charge is 0.497 e. The van der Waals surface area contributed by atoms with Crippen LogP contribution in [0.3, 0.4) is 0 Å². The summed E-state index contributed by atoms with van der Waals surface area (Å²) in [5.74, 6) is 1.85. The van der Waals surface area contributed by atoms with Crippen LogP contribution in [0.2, 0.25) is 0 Å². The quantitative estimate of drug-likeness (QED) is 0.742. The van der Waals surface area contributed by atoms with E-state index in [-0.39, 0.29) is 0 Å². The molecule has 2 aromatic carbocycles. The van der Waals surface area contributed by atoms with Gasteiger partial charge >= 0.3 is 0 Å². The first-order valence-corrected chi connectivity index (χ1v) is 6.51. The minimum Gasteiger partial charge on any atom is -0.497 e. The first-order valence-electron chi connectivity index (χ1n) is 6.51. The van der Waals surface area contributed by atoms with Gasteiger partial charge in [-0.2, -0.15) is 0 Å². The van der Waals surface area contributed by atoms with Crippen LogP contribution in [0.1, 0.15) is 11.4 Å². The van der Waals surface area contributed by atoms with Gasteiger partial charge in [0, 0.05) is 25.2 Å². The standard InChI is InChI=1S/C16H17N3O/c1-19-15-8-7-13(20-2)10-14(15)18-16(19)9-11-3-5-12(17)6-4-11/h3-8,10H,9,17H2,1-2H3. The Morgan fingerprint density at radius 1 is 1.15 bits per heavy atom. The Hall–Kier alpha value is -2.49. The highest BCUT2D eigenvalue weighted by molar-refractivity contribution is 5.77. The number of imidazole rings is 1. The maximum atomic E-state index is 5.71. The highest BCUT2D eigenvalue weighted by Crippen LogP contribution is 2.22. The fourth-order valence-electron chi connectivity index (χ4n) is 2.33. The van der Waals surface area contributed by atoms with Gasteiger partial charge in [-0.1, -0.05) is 12.1 Å². The molecule has 0 fully saturated rings. The fraction of sp³-hybridized carbons (Fsp3) is 0.188. The topological polar surface area (TPSA) is 53.1 Å². The maximum Gasteiger partial charge on any atom is 0.121 e. The number of anilines is 1. The Bertz CT molecular complexity index is 744. The molecule has 0 amide bonds. The van der Waals surface area contributed by atoms with Crippen LogP contribution >= 0.6 is 0 Å². The Balaban J connectivity index is 1.99. The zero-order valence-corrected chi connectivity index (χ0v) is 11.6. The summed E-state index contributed by atoms with van der Waals surface area (Å²) < 4.78 is 7.36. The Kier molecular flexibility index (Phi) is 3.06. The molecule has 3 aromatic rings. The van der Waals surface area contributed by atoms with Crippen LogP contribution in [0.15, 0.2) is 42.5 Å². The predicted octanol–water partition coefficient (Wildman–Crippen LogP) is 2.75. The van der Waals surface area contributed by atoms with Crippen molar-refractivity contribution in [2.75, 3.05) is 12.8 Å². The number of nitrogen functional groups attached to an aromatic ring is 1. The first-order chi connectivity index (χ1) is 9.67. The lowest BCUT2D eigenvalue weighted by Gasteiger charge is -2.03. The van der Waals surface area contributed by atoms with Crippen LogP contribution in [-0.4, -0.2) is 16.7 Å². The second-order valence-electron chi connectivity index (χ2n) is 4.86. The highest BCUT2D eigenvalue weighted by Gasteiger charge is 2.09. The number of fused-ring (bicyclic) bond motifs is 1. The zero-order chi connectivity index (χ0) is 14.1. The second-order valence-corrected chi connectivity index (χ2v) is 4.86. The van der Waals surface area contributed by atoms with Gasteiger partial charge in [0.1, 0.15) is 11.6 Å². The number of rotatable bonds is 3. The van der Waals surface area contributed by atoms with E-state index in [1.807, 2.05) is 49.5 Å². The van der Waals surface area contributed by atoms with Crippen molar-refractivity contribution < 1.29 is 4.74 Å². The minimum atomic E-state index is 0.781. The third-order valence-electron chi connectivity index (χ3n) is 3.52. The van der Waals surface area contributed by atoms with Crippen molar-refractivity contribution in [2.24, 2.45) is 7.05 Å². The maximum absolute atomic E-state index is 5.71. The number of nitrogens with zero attached hydrogens (tertiary/aromatic N) is 2. The third kappa shape index (κ3) is 2.20. The molecule has 102 valence electrons. The molecule has 1 heterocycles. The SMILES string of the molecule is COc1ccc2c(c1)nc(Cc1ccc(N)cc1)n2C. The minimum absolute atomic E-state index is 0.781. The van der Waals surface area contributed by atoms with Gasteiger partial charge in [-0.3, -0.25) is 0 Å². The number of methoxy groups -OCH3 is 1. The van der Waals surface area contributed by atoms with Crippen LogP contribution in [-0.2, 0) is 13.5 Å². The van der Waals surface area contributed by atoms with Crippen molar-refractivity contribution in [2.45, 2.75) is 6.42 Å². The van der Waals surface area contributed by atoms with E-state index in [1.165, 1.54) is 5.56 Å². The lowest BCUT2D eigenvalue weighted by molar-refractivity contribution is 0.415. The number of benzene rings is 2. The average molecular weight is 267 g/mol. The molecule has 3 rings (SSSR count). The molecule has 0 spiro atoms. The molecule has 0 saturated carbocycles. The zero-order valence-electron chi connectivity index (χ0n) is 11.6. The fourth-order valence-corrected chi connectivity index (χ4v) is 2.33. The van der Waals surface area contributed by atoms with Gasteiger partial charge in [0.05, 0.1) is 18.1 Å². The Morgan fingerprint density at radius 2 is 1.90 bits per heavy atom. The number of hydrogen-bond donors (Lipinski definition) is 1. The molecule has 0 aliphatic carbocycles. The highest BCUT2D eigenvalue weighted by atomic mass is 16.5. The van der Waals surface area contributed by atoms with Gasteiger partial charge < -0.3 is 15.0 Å². The van der Waals surface area contributed by atoms with Crippen molar-refractivity contribution in [1.82, 2.24) is 9.55 Å². The summed E-state index contributed by atoms with van der Waals surface area (Å²) >= 11 is 0. The second kappa shape index (κ2) is 4.89. The van der Waals surface area contributed by atoms with Crippen LogP contribution in [0.25, 0.3) is 11.0 Å². The molecule has 20 heavy (non-hydrogen) atoms. The average Bonchev–Trinajstić information content (AvgIpc) is 2.77. The molecule has 0 radical (unpaired) electrons. The molecule has 2 N–H and O–H groups in total. The summed E-state index contributed by atoms with van der Waals surface area (Å²) in [6.45, 7) is 0. The number of nitrogens with two attached hydrogens (primary N) is 1. The van der Waals surface area contributed by atoms with E-state index < -0.39 is 0 Å². The summed E-state index contributed by atoms with van der Waals surface area (Å²) in [6.07, 6.45) is 0.785. The molecule has 1 aromatic heterocycles. The smallest absolute Gasteiger partial charge is 0.121 e. The summed E-state index contributed by atoms with van der Waals surface area (Å²) in [4.78, 5) is 4.69. The lowest BCUT2D eigenvalue weighted by Crippen LogP contribution is -1.99. The molecule has 4 nitrogen and oxygen atoms in total. The van der Waals surface area contributed by atoms with Crippen molar-refractivity contribution in [3.05, 3.63) is 53.9 Å². The van der Waals surface area contributed by atoms with Crippen molar-refractivity contribution >= 4 is 16.7 Å². The van der Waals surface area contributed by atoms with Gasteiger partial charge in [0.2, 0.25) is 0 Å². The van der Waals surface area contributed by atoms with E-state index in [0.717, 1.165) is 34.7 Å². The van der Waals surface area contributed by atoms with E-state index in [2.05, 4.69) is 4.57 Å². The molecule has 0 saturated heterocycles. The molecular formula is C16H17N3O. The molecule has 0 unspecified atom stereocenters. The number of aromatic nitrogens is 2. The van der Waals surface area contributed by atoms with E-state index in [1.54, 1.807) is 7.11 Å². The van der Waals surface area contributed by atoms with Gasteiger partial charge in [-0.25, -0.2) is 4.98 Å². The number of aryl methyl sites for hydroxylation is 1. The monoisotopic (exact) mass is 267 g/mol.